The Morgan fingerprint density at radius 1 is 0.490 bits per heavy atom. The first kappa shape index (κ1) is 32.4. The van der Waals surface area contributed by atoms with E-state index in [1.54, 1.807) is 36.9 Å². The molecule has 6 aromatic heterocycles. The topological polar surface area (TPSA) is 115 Å². The lowest BCUT2D eigenvalue weighted by atomic mass is 10.0. The van der Waals surface area contributed by atoms with E-state index in [4.69, 9.17) is 5.73 Å². The van der Waals surface area contributed by atoms with Gasteiger partial charge < -0.3 is 11.1 Å². The third kappa shape index (κ3) is 8.84. The highest BCUT2D eigenvalue weighted by Crippen LogP contribution is 2.28. The number of anilines is 3. The van der Waals surface area contributed by atoms with Crippen molar-refractivity contribution in [3.05, 3.63) is 187 Å². The molecule has 0 bridgehead atoms. The first-order chi connectivity index (χ1) is 24.1. The number of fused-ring (bicyclic) bond motifs is 2. The van der Waals surface area contributed by atoms with Gasteiger partial charge in [-0.25, -0.2) is 4.98 Å². The summed E-state index contributed by atoms with van der Waals surface area (Å²) in [6, 6.07) is 32.4. The summed E-state index contributed by atoms with van der Waals surface area (Å²) in [6.45, 7) is 2.05. The Morgan fingerprint density at radius 2 is 1.02 bits per heavy atom. The highest BCUT2D eigenvalue weighted by Gasteiger charge is 2.09. The van der Waals surface area contributed by atoms with Crippen LogP contribution >= 0.6 is 0 Å². The van der Waals surface area contributed by atoms with E-state index in [2.05, 4.69) is 96.7 Å². The first-order valence-electron chi connectivity index (χ1n) is 15.9. The Labute approximate surface area is 285 Å². The van der Waals surface area contributed by atoms with E-state index in [-0.39, 0.29) is 0 Å². The second-order valence-electron chi connectivity index (χ2n) is 11.3. The highest BCUT2D eigenvalue weighted by molar-refractivity contribution is 5.95. The molecule has 0 spiro atoms. The molecular formula is C41H36N8. The molecule has 240 valence electrons. The van der Waals surface area contributed by atoms with Crippen molar-refractivity contribution in [1.82, 2.24) is 29.9 Å². The van der Waals surface area contributed by atoms with E-state index < -0.39 is 0 Å². The predicted molar refractivity (Wildman–Crippen MR) is 198 cm³/mol. The number of nitrogens with zero attached hydrogens (tertiary/aromatic N) is 6. The fraction of sp³-hybridized carbons (Fsp3) is 0.0732. The number of nitrogen functional groups attached to an aromatic ring is 1. The molecule has 0 aliphatic heterocycles. The van der Waals surface area contributed by atoms with Gasteiger partial charge in [0.1, 0.15) is 5.82 Å². The molecule has 0 saturated heterocycles. The number of hydrogen-bond donors (Lipinski definition) is 2. The molecule has 49 heavy (non-hydrogen) atoms. The second-order valence-corrected chi connectivity index (χ2v) is 11.3. The van der Waals surface area contributed by atoms with Gasteiger partial charge in [0.05, 0.1) is 17.6 Å². The van der Waals surface area contributed by atoms with Gasteiger partial charge in [0.25, 0.3) is 0 Å². The van der Waals surface area contributed by atoms with E-state index in [9.17, 15) is 0 Å². The van der Waals surface area contributed by atoms with E-state index in [1.807, 2.05) is 67.5 Å². The van der Waals surface area contributed by atoms with Gasteiger partial charge in [-0.05, 0) is 101 Å². The number of aromatic nitrogens is 6. The molecule has 0 unspecified atom stereocenters. The Hall–Kier alpha value is -6.54. The third-order valence-corrected chi connectivity index (χ3v) is 7.85. The van der Waals surface area contributed by atoms with E-state index in [0.717, 1.165) is 35.4 Å². The summed E-state index contributed by atoms with van der Waals surface area (Å²) in [6.07, 6.45) is 19.8. The van der Waals surface area contributed by atoms with Crippen molar-refractivity contribution in [2.45, 2.75) is 19.8 Å². The van der Waals surface area contributed by atoms with Crippen LogP contribution in [0.1, 0.15) is 27.9 Å². The van der Waals surface area contributed by atoms with E-state index in [0.29, 0.717) is 5.69 Å². The van der Waals surface area contributed by atoms with Gasteiger partial charge in [-0.15, -0.1) is 0 Å². The van der Waals surface area contributed by atoms with Gasteiger partial charge in [0.2, 0.25) is 0 Å². The monoisotopic (exact) mass is 640 g/mol. The maximum atomic E-state index is 5.30. The minimum atomic E-state index is 0.711. The summed E-state index contributed by atoms with van der Waals surface area (Å²) < 4.78 is 0. The van der Waals surface area contributed by atoms with Gasteiger partial charge in [-0.2, -0.15) is 0 Å². The Bertz CT molecular complexity index is 2130. The van der Waals surface area contributed by atoms with Crippen LogP contribution in [0.4, 0.5) is 17.2 Å². The summed E-state index contributed by atoms with van der Waals surface area (Å²) in [7, 11) is 0. The molecule has 0 radical (unpaired) electrons. The summed E-state index contributed by atoms with van der Waals surface area (Å²) in [5.74, 6) is 0.845. The van der Waals surface area contributed by atoms with Crippen LogP contribution in [0.2, 0.25) is 0 Å². The number of nitrogens with two attached hydrogens (primary N) is 1. The lowest BCUT2D eigenvalue weighted by Gasteiger charge is -2.12. The summed E-state index contributed by atoms with van der Waals surface area (Å²) in [5.41, 5.74) is 13.0. The SMILES string of the molecule is Cc1ncc(Cc2ccncc2)c2ccccc12.Nc1cccnc1.c1cncc(Nc2ncc(Cc3ccncc3)c3ccccc23)c1. The number of nitrogens with one attached hydrogen (secondary N) is 1. The zero-order valence-electron chi connectivity index (χ0n) is 27.2. The zero-order chi connectivity index (χ0) is 33.7. The molecule has 0 aliphatic carbocycles. The number of hydrogen-bond acceptors (Lipinski definition) is 8. The molecule has 2 aromatic carbocycles. The van der Waals surface area contributed by atoms with Crippen molar-refractivity contribution in [2.75, 3.05) is 11.1 Å². The van der Waals surface area contributed by atoms with Gasteiger partial charge in [0.15, 0.2) is 0 Å². The molecule has 0 fully saturated rings. The lowest BCUT2D eigenvalue weighted by Crippen LogP contribution is -1.98. The zero-order valence-corrected chi connectivity index (χ0v) is 27.2. The molecule has 8 nitrogen and oxygen atoms in total. The van der Waals surface area contributed by atoms with Crippen LogP contribution in [0, 0.1) is 6.92 Å². The largest absolute Gasteiger partial charge is 0.397 e. The lowest BCUT2D eigenvalue weighted by molar-refractivity contribution is 1.13. The Kier molecular flexibility index (Phi) is 10.8. The van der Waals surface area contributed by atoms with Crippen LogP contribution in [0.5, 0.6) is 0 Å². The number of rotatable bonds is 6. The number of benzene rings is 2. The van der Waals surface area contributed by atoms with E-state index in [1.165, 1.54) is 38.4 Å². The minimum Gasteiger partial charge on any atom is -0.397 e. The molecule has 0 amide bonds. The Balaban J connectivity index is 0.000000146. The summed E-state index contributed by atoms with van der Waals surface area (Å²) >= 11 is 0. The molecule has 8 heteroatoms. The van der Waals surface area contributed by atoms with Crippen molar-refractivity contribution in [3.8, 4) is 0 Å². The maximum absolute atomic E-state index is 5.30. The predicted octanol–water partition coefficient (Wildman–Crippen LogP) is 8.55. The van der Waals surface area contributed by atoms with Crippen molar-refractivity contribution in [3.63, 3.8) is 0 Å². The number of aryl methyl sites for hydroxylation is 1. The average molecular weight is 641 g/mol. The van der Waals surface area contributed by atoms with Crippen molar-refractivity contribution < 1.29 is 0 Å². The van der Waals surface area contributed by atoms with Crippen molar-refractivity contribution >= 4 is 38.7 Å². The fourth-order valence-electron chi connectivity index (χ4n) is 5.42. The van der Waals surface area contributed by atoms with Crippen LogP contribution in [-0.4, -0.2) is 29.9 Å². The normalized spacial score (nSPS) is 10.4. The van der Waals surface area contributed by atoms with E-state index >= 15 is 0 Å². The molecule has 0 saturated carbocycles. The maximum Gasteiger partial charge on any atom is 0.138 e. The highest BCUT2D eigenvalue weighted by atomic mass is 15.0. The average Bonchev–Trinajstić information content (AvgIpc) is 3.16. The molecule has 6 heterocycles. The Morgan fingerprint density at radius 3 is 1.55 bits per heavy atom. The van der Waals surface area contributed by atoms with Gasteiger partial charge in [-0.1, -0.05) is 48.5 Å². The van der Waals surface area contributed by atoms with Gasteiger partial charge in [-0.3, -0.25) is 24.9 Å². The minimum absolute atomic E-state index is 0.711. The molecule has 0 aliphatic rings. The van der Waals surface area contributed by atoms with Crippen LogP contribution in [-0.2, 0) is 12.8 Å². The molecule has 8 aromatic rings. The molecular weight excluding hydrogens is 605 g/mol. The third-order valence-electron chi connectivity index (χ3n) is 7.85. The van der Waals surface area contributed by atoms with Crippen LogP contribution < -0.4 is 11.1 Å². The van der Waals surface area contributed by atoms with Crippen LogP contribution in [0.3, 0.4) is 0 Å². The molecule has 8 rings (SSSR count). The molecule has 3 N–H and O–H groups in total. The summed E-state index contributed by atoms with van der Waals surface area (Å²) in [4.78, 5) is 25.2. The van der Waals surface area contributed by atoms with Crippen LogP contribution in [0.15, 0.2) is 159 Å². The first-order valence-corrected chi connectivity index (χ1v) is 15.9. The summed E-state index contributed by atoms with van der Waals surface area (Å²) in [5, 5.41) is 8.20. The van der Waals surface area contributed by atoms with Crippen molar-refractivity contribution in [1.29, 1.82) is 0 Å². The van der Waals surface area contributed by atoms with Gasteiger partial charge in [0, 0.05) is 72.2 Å². The quantitative estimate of drug-likeness (QED) is 0.186. The standard InChI is InChI=1S/C20H16N4.C16H14N2.C5H6N2/c1-2-6-19-18(5-1)16(12-15-7-10-21-11-8-15)13-23-20(19)24-17-4-3-9-22-14-17;1-12-15-4-2-3-5-16(15)14(11-18-12)10-13-6-8-17-9-7-13;6-5-2-1-3-7-4-5/h1-11,13-14H,12H2,(H,23,24);2-9,11H,10H2,1H3;1-4H,6H2. The number of pyridine rings is 6. The van der Waals surface area contributed by atoms with Crippen molar-refractivity contribution in [2.24, 2.45) is 0 Å². The smallest absolute Gasteiger partial charge is 0.138 e. The van der Waals surface area contributed by atoms with Gasteiger partial charge >= 0.3 is 0 Å². The molecule has 0 atom stereocenters. The van der Waals surface area contributed by atoms with Crippen LogP contribution in [0.25, 0.3) is 21.5 Å². The fourth-order valence-corrected chi connectivity index (χ4v) is 5.42. The second kappa shape index (κ2) is 16.3.